The third-order valence-electron chi connectivity index (χ3n) is 3.63. The molecule has 2 rings (SSSR count). The topological polar surface area (TPSA) is 35.6 Å². The molecular formula is C16H22FN3O. The molecule has 1 heterocycles. The van der Waals surface area contributed by atoms with Crippen molar-refractivity contribution in [3.8, 4) is 0 Å². The number of amides is 1. The predicted molar refractivity (Wildman–Crippen MR) is 82.9 cm³/mol. The van der Waals surface area contributed by atoms with E-state index in [0.717, 1.165) is 0 Å². The molecule has 1 amide bonds. The Morgan fingerprint density at radius 1 is 1.29 bits per heavy atom. The summed E-state index contributed by atoms with van der Waals surface area (Å²) in [5.74, 6) is -0.0503. The van der Waals surface area contributed by atoms with Crippen LogP contribution in [0.2, 0.25) is 0 Å². The molecule has 1 aliphatic rings. The van der Waals surface area contributed by atoms with E-state index in [1.54, 1.807) is 18.2 Å². The molecule has 1 aromatic carbocycles. The smallest absolute Gasteiger partial charge is 0.223 e. The summed E-state index contributed by atoms with van der Waals surface area (Å²) in [6.07, 6.45) is 2.27. The highest BCUT2D eigenvalue weighted by Crippen LogP contribution is 2.20. The van der Waals surface area contributed by atoms with Gasteiger partial charge in [-0.2, -0.15) is 0 Å². The largest absolute Gasteiger partial charge is 0.366 e. The summed E-state index contributed by atoms with van der Waals surface area (Å²) in [5, 5.41) is 3.12. The highest BCUT2D eigenvalue weighted by molar-refractivity contribution is 5.76. The Bertz CT molecular complexity index is 484. The van der Waals surface area contributed by atoms with Crippen LogP contribution < -0.4 is 10.2 Å². The van der Waals surface area contributed by atoms with Crippen LogP contribution >= 0.6 is 0 Å². The van der Waals surface area contributed by atoms with Gasteiger partial charge < -0.3 is 15.1 Å². The summed E-state index contributed by atoms with van der Waals surface area (Å²) in [6.45, 7) is 7.64. The normalized spacial score (nSPS) is 15.1. The molecule has 0 atom stereocenters. The van der Waals surface area contributed by atoms with Gasteiger partial charge in [-0.1, -0.05) is 18.2 Å². The molecule has 0 aliphatic carbocycles. The van der Waals surface area contributed by atoms with Gasteiger partial charge in [-0.05, 0) is 12.1 Å². The summed E-state index contributed by atoms with van der Waals surface area (Å²) in [6, 6.07) is 6.78. The van der Waals surface area contributed by atoms with Gasteiger partial charge in [-0.3, -0.25) is 4.79 Å². The van der Waals surface area contributed by atoms with Crippen molar-refractivity contribution in [2.24, 2.45) is 0 Å². The summed E-state index contributed by atoms with van der Waals surface area (Å²) >= 11 is 0. The number of para-hydroxylation sites is 1. The Kier molecular flexibility index (Phi) is 5.75. The number of nitrogens with one attached hydrogen (secondary N) is 1. The minimum Gasteiger partial charge on any atom is -0.366 e. The van der Waals surface area contributed by atoms with Crippen LogP contribution in [0.5, 0.6) is 0 Å². The maximum Gasteiger partial charge on any atom is 0.223 e. The van der Waals surface area contributed by atoms with E-state index in [1.165, 1.54) is 6.07 Å². The summed E-state index contributed by atoms with van der Waals surface area (Å²) in [7, 11) is 0. The molecule has 0 saturated carbocycles. The fourth-order valence-electron chi connectivity index (χ4n) is 2.46. The van der Waals surface area contributed by atoms with E-state index in [4.69, 9.17) is 0 Å². The first-order valence-corrected chi connectivity index (χ1v) is 7.31. The van der Waals surface area contributed by atoms with E-state index in [-0.39, 0.29) is 11.7 Å². The summed E-state index contributed by atoms with van der Waals surface area (Å²) in [5.41, 5.74) is 0.622. The molecule has 0 unspecified atom stereocenters. The molecular weight excluding hydrogens is 269 g/mol. The Hall–Kier alpha value is -1.88. The molecule has 0 spiro atoms. The Morgan fingerprint density at radius 2 is 2.00 bits per heavy atom. The number of hydrogen-bond donors (Lipinski definition) is 1. The average Bonchev–Trinajstić information content (AvgIpc) is 2.52. The van der Waals surface area contributed by atoms with Crippen molar-refractivity contribution in [2.45, 2.75) is 6.42 Å². The lowest BCUT2D eigenvalue weighted by molar-refractivity contribution is -0.131. The molecule has 5 heteroatoms. The lowest BCUT2D eigenvalue weighted by Gasteiger charge is -2.36. The molecule has 1 fully saturated rings. The van der Waals surface area contributed by atoms with Crippen LogP contribution in [-0.2, 0) is 4.79 Å². The van der Waals surface area contributed by atoms with Gasteiger partial charge in [-0.15, -0.1) is 6.58 Å². The first-order valence-electron chi connectivity index (χ1n) is 7.31. The van der Waals surface area contributed by atoms with Crippen molar-refractivity contribution in [3.63, 3.8) is 0 Å². The third-order valence-corrected chi connectivity index (χ3v) is 3.63. The van der Waals surface area contributed by atoms with Gasteiger partial charge >= 0.3 is 0 Å². The monoisotopic (exact) mass is 291 g/mol. The van der Waals surface area contributed by atoms with Crippen molar-refractivity contribution >= 4 is 11.6 Å². The zero-order valence-corrected chi connectivity index (χ0v) is 12.2. The Morgan fingerprint density at radius 3 is 2.67 bits per heavy atom. The van der Waals surface area contributed by atoms with Crippen LogP contribution in [0.3, 0.4) is 0 Å². The number of piperazine rings is 1. The van der Waals surface area contributed by atoms with Crippen LogP contribution in [0.4, 0.5) is 10.1 Å². The van der Waals surface area contributed by atoms with Gasteiger partial charge in [0.15, 0.2) is 0 Å². The highest BCUT2D eigenvalue weighted by atomic mass is 19.1. The molecule has 0 radical (unpaired) electrons. The third kappa shape index (κ3) is 4.29. The van der Waals surface area contributed by atoms with Crippen LogP contribution in [0.25, 0.3) is 0 Å². The van der Waals surface area contributed by atoms with Crippen LogP contribution in [0.15, 0.2) is 36.9 Å². The number of anilines is 1. The highest BCUT2D eigenvalue weighted by Gasteiger charge is 2.22. The number of nitrogens with zero attached hydrogens (tertiary/aromatic N) is 2. The van der Waals surface area contributed by atoms with E-state index in [0.29, 0.717) is 51.4 Å². The van der Waals surface area contributed by atoms with Crippen molar-refractivity contribution in [2.75, 3.05) is 44.2 Å². The van der Waals surface area contributed by atoms with Crippen molar-refractivity contribution < 1.29 is 9.18 Å². The molecule has 1 aromatic rings. The molecule has 4 nitrogen and oxygen atoms in total. The molecule has 0 bridgehead atoms. The van der Waals surface area contributed by atoms with Gasteiger partial charge in [0, 0.05) is 45.7 Å². The molecule has 1 aliphatic heterocycles. The van der Waals surface area contributed by atoms with E-state index < -0.39 is 0 Å². The maximum absolute atomic E-state index is 13.7. The van der Waals surface area contributed by atoms with E-state index in [1.807, 2.05) is 15.9 Å². The Labute approximate surface area is 125 Å². The number of carbonyl (C=O) groups is 1. The standard InChI is InChI=1S/C16H22FN3O/c1-2-8-18-9-7-16(21)20-12-10-19(11-13-20)15-6-4-3-5-14(15)17/h2-6,18H,1,7-13H2. The van der Waals surface area contributed by atoms with Gasteiger partial charge in [0.25, 0.3) is 0 Å². The van der Waals surface area contributed by atoms with Crippen molar-refractivity contribution in [1.29, 1.82) is 0 Å². The molecule has 0 aromatic heterocycles. The fraction of sp³-hybridized carbons (Fsp3) is 0.438. The number of benzene rings is 1. The quantitative estimate of drug-likeness (QED) is 0.639. The number of halogens is 1. The van der Waals surface area contributed by atoms with Crippen molar-refractivity contribution in [1.82, 2.24) is 10.2 Å². The zero-order chi connectivity index (χ0) is 15.1. The minimum atomic E-state index is -0.203. The fourth-order valence-corrected chi connectivity index (χ4v) is 2.46. The van der Waals surface area contributed by atoms with E-state index in [9.17, 15) is 9.18 Å². The van der Waals surface area contributed by atoms with Crippen LogP contribution in [0.1, 0.15) is 6.42 Å². The van der Waals surface area contributed by atoms with Crippen molar-refractivity contribution in [3.05, 3.63) is 42.7 Å². The SMILES string of the molecule is C=CCNCCC(=O)N1CCN(c2ccccc2F)CC1. The summed E-state index contributed by atoms with van der Waals surface area (Å²) < 4.78 is 13.7. The second-order valence-electron chi connectivity index (χ2n) is 5.06. The Balaban J connectivity index is 1.79. The lowest BCUT2D eigenvalue weighted by Crippen LogP contribution is -2.49. The molecule has 1 saturated heterocycles. The average molecular weight is 291 g/mol. The molecule has 114 valence electrons. The second-order valence-corrected chi connectivity index (χ2v) is 5.06. The zero-order valence-electron chi connectivity index (χ0n) is 12.2. The van der Waals surface area contributed by atoms with Gasteiger partial charge in [0.1, 0.15) is 5.82 Å². The van der Waals surface area contributed by atoms with E-state index >= 15 is 0 Å². The van der Waals surface area contributed by atoms with Crippen LogP contribution in [0, 0.1) is 5.82 Å². The second kappa shape index (κ2) is 7.78. The number of hydrogen-bond acceptors (Lipinski definition) is 3. The number of rotatable bonds is 6. The number of carbonyl (C=O) groups excluding carboxylic acids is 1. The molecule has 21 heavy (non-hydrogen) atoms. The first-order chi connectivity index (χ1) is 10.2. The summed E-state index contributed by atoms with van der Waals surface area (Å²) in [4.78, 5) is 15.9. The van der Waals surface area contributed by atoms with E-state index in [2.05, 4.69) is 11.9 Å². The first kappa shape index (κ1) is 15.5. The minimum absolute atomic E-state index is 0.153. The predicted octanol–water partition coefficient (Wildman–Crippen LogP) is 1.64. The van der Waals surface area contributed by atoms with Gasteiger partial charge in [-0.25, -0.2) is 4.39 Å². The van der Waals surface area contributed by atoms with Crippen LogP contribution in [-0.4, -0.2) is 50.1 Å². The van der Waals surface area contributed by atoms with Gasteiger partial charge in [0.05, 0.1) is 5.69 Å². The maximum atomic E-state index is 13.7. The van der Waals surface area contributed by atoms with Gasteiger partial charge in [0.2, 0.25) is 5.91 Å². The lowest BCUT2D eigenvalue weighted by atomic mass is 10.2. The molecule has 1 N–H and O–H groups in total.